The first kappa shape index (κ1) is 15.5. The Morgan fingerprint density at radius 3 is 2.62 bits per heavy atom. The van der Waals surface area contributed by atoms with Gasteiger partial charge in [-0.1, -0.05) is 0 Å². The first-order valence-corrected chi connectivity index (χ1v) is 7.88. The van der Waals surface area contributed by atoms with Crippen molar-refractivity contribution in [2.75, 3.05) is 4.72 Å². The number of carboxylic acid groups (broad SMARTS) is 1. The average Bonchev–Trinajstić information content (AvgIpc) is 2.86. The molecule has 3 N–H and O–H groups in total. The molecule has 0 saturated heterocycles. The lowest BCUT2D eigenvalue weighted by Gasteiger charge is -2.10. The van der Waals surface area contributed by atoms with Gasteiger partial charge in [0, 0.05) is 6.20 Å². The molecule has 6 nitrogen and oxygen atoms in total. The Kier molecular flexibility index (Phi) is 4.06. The number of sulfonamides is 1. The molecular formula is C12H10BrFN2O4S. The average molecular weight is 377 g/mol. The van der Waals surface area contributed by atoms with E-state index in [-0.39, 0.29) is 20.7 Å². The van der Waals surface area contributed by atoms with E-state index in [0.717, 1.165) is 12.3 Å². The number of aryl methyl sites for hydroxylation is 1. The second-order valence-corrected chi connectivity index (χ2v) is 6.78. The van der Waals surface area contributed by atoms with E-state index in [2.05, 4.69) is 25.6 Å². The summed E-state index contributed by atoms with van der Waals surface area (Å²) in [7, 11) is -3.97. The van der Waals surface area contributed by atoms with Crippen molar-refractivity contribution in [1.82, 2.24) is 4.98 Å². The molecule has 2 rings (SSSR count). The molecule has 112 valence electrons. The third kappa shape index (κ3) is 3.24. The fourth-order valence-electron chi connectivity index (χ4n) is 1.61. The normalized spacial score (nSPS) is 11.4. The number of halogens is 2. The van der Waals surface area contributed by atoms with Gasteiger partial charge in [-0.25, -0.2) is 17.6 Å². The van der Waals surface area contributed by atoms with Crippen LogP contribution < -0.4 is 4.72 Å². The first-order chi connectivity index (χ1) is 9.70. The van der Waals surface area contributed by atoms with Crippen molar-refractivity contribution in [1.29, 1.82) is 0 Å². The number of hydrogen-bond donors (Lipinski definition) is 3. The van der Waals surface area contributed by atoms with Crippen LogP contribution in [0.1, 0.15) is 16.1 Å². The van der Waals surface area contributed by atoms with Gasteiger partial charge in [0.15, 0.2) is 0 Å². The summed E-state index contributed by atoms with van der Waals surface area (Å²) in [5.74, 6) is -1.78. The predicted molar refractivity (Wildman–Crippen MR) is 77.4 cm³/mol. The predicted octanol–water partition coefficient (Wildman–Crippen LogP) is 2.72. The minimum Gasteiger partial charge on any atom is -0.477 e. The van der Waals surface area contributed by atoms with Crippen LogP contribution in [0.4, 0.5) is 10.1 Å². The molecule has 0 fully saturated rings. The number of aromatic nitrogens is 1. The van der Waals surface area contributed by atoms with Crippen molar-refractivity contribution in [2.24, 2.45) is 0 Å². The molecule has 9 heteroatoms. The molecule has 2 aromatic rings. The molecule has 21 heavy (non-hydrogen) atoms. The van der Waals surface area contributed by atoms with Crippen LogP contribution in [0, 0.1) is 12.7 Å². The van der Waals surface area contributed by atoms with Crippen LogP contribution in [0.2, 0.25) is 0 Å². The number of benzene rings is 1. The maximum absolute atomic E-state index is 13.3. The largest absolute Gasteiger partial charge is 0.477 e. The number of aromatic carboxylic acids is 1. The molecule has 0 aliphatic carbocycles. The fraction of sp³-hybridized carbons (Fsp3) is 0.0833. The quantitative estimate of drug-likeness (QED) is 0.763. The summed E-state index contributed by atoms with van der Waals surface area (Å²) >= 11 is 2.97. The van der Waals surface area contributed by atoms with E-state index in [1.54, 1.807) is 6.92 Å². The molecule has 0 unspecified atom stereocenters. The van der Waals surface area contributed by atoms with Gasteiger partial charge in [0.05, 0.1) is 10.2 Å². The van der Waals surface area contributed by atoms with E-state index in [0.29, 0.717) is 5.56 Å². The van der Waals surface area contributed by atoms with Gasteiger partial charge in [0.1, 0.15) is 16.4 Å². The Bertz CT molecular complexity index is 817. The van der Waals surface area contributed by atoms with Crippen LogP contribution in [0.15, 0.2) is 33.8 Å². The Hall–Kier alpha value is -1.87. The van der Waals surface area contributed by atoms with Crippen LogP contribution in [0.25, 0.3) is 0 Å². The van der Waals surface area contributed by atoms with Gasteiger partial charge in [-0.05, 0) is 46.6 Å². The van der Waals surface area contributed by atoms with E-state index < -0.39 is 21.8 Å². The molecule has 1 aromatic heterocycles. The summed E-state index contributed by atoms with van der Waals surface area (Å²) < 4.78 is 40.0. The molecule has 0 spiro atoms. The maximum atomic E-state index is 13.3. The number of H-pyrrole nitrogens is 1. The molecule has 0 aliphatic rings. The maximum Gasteiger partial charge on any atom is 0.352 e. The molecule has 1 heterocycles. The third-order valence-corrected chi connectivity index (χ3v) is 4.66. The van der Waals surface area contributed by atoms with Crippen LogP contribution in [0.5, 0.6) is 0 Å². The zero-order chi connectivity index (χ0) is 15.8. The number of aromatic amines is 1. The Morgan fingerprint density at radius 2 is 2.05 bits per heavy atom. The number of carboxylic acids is 1. The first-order valence-electron chi connectivity index (χ1n) is 5.61. The van der Waals surface area contributed by atoms with E-state index >= 15 is 0 Å². The van der Waals surface area contributed by atoms with E-state index in [4.69, 9.17) is 5.11 Å². The Labute approximate surface area is 128 Å². The van der Waals surface area contributed by atoms with Gasteiger partial charge >= 0.3 is 5.97 Å². The number of nitrogens with one attached hydrogen (secondary N) is 2. The SMILES string of the molecule is Cc1cc(F)c(Br)cc1NS(=O)(=O)c1c[nH]c(C(=O)O)c1. The Morgan fingerprint density at radius 1 is 1.38 bits per heavy atom. The highest BCUT2D eigenvalue weighted by Crippen LogP contribution is 2.26. The van der Waals surface area contributed by atoms with Crippen LogP contribution in [-0.2, 0) is 10.0 Å². The molecule has 0 atom stereocenters. The van der Waals surface area contributed by atoms with Crippen molar-refractivity contribution in [3.05, 3.63) is 45.9 Å². The fourth-order valence-corrected chi connectivity index (χ4v) is 3.07. The highest BCUT2D eigenvalue weighted by atomic mass is 79.9. The summed E-state index contributed by atoms with van der Waals surface area (Å²) in [5, 5.41) is 8.77. The molecule has 0 saturated carbocycles. The molecule has 0 radical (unpaired) electrons. The molecule has 0 bridgehead atoms. The molecule has 0 amide bonds. The van der Waals surface area contributed by atoms with Crippen molar-refractivity contribution < 1.29 is 22.7 Å². The standard InChI is InChI=1S/C12H10BrFN2O4S/c1-6-2-9(14)8(13)4-10(6)16-21(19,20)7-3-11(12(17)18)15-5-7/h2-5,15-16H,1H3,(H,17,18). The van der Waals surface area contributed by atoms with Crippen molar-refractivity contribution in [2.45, 2.75) is 11.8 Å². The second-order valence-electron chi connectivity index (χ2n) is 4.24. The van der Waals surface area contributed by atoms with Gasteiger partial charge in [-0.2, -0.15) is 0 Å². The summed E-state index contributed by atoms with van der Waals surface area (Å²) in [6, 6.07) is 3.48. The van der Waals surface area contributed by atoms with Gasteiger partial charge in [0.25, 0.3) is 10.0 Å². The van der Waals surface area contributed by atoms with Crippen molar-refractivity contribution in [3.8, 4) is 0 Å². The number of carbonyl (C=O) groups is 1. The van der Waals surface area contributed by atoms with Gasteiger partial charge in [0.2, 0.25) is 0 Å². The van der Waals surface area contributed by atoms with E-state index in [9.17, 15) is 17.6 Å². The van der Waals surface area contributed by atoms with Crippen molar-refractivity contribution >= 4 is 37.6 Å². The van der Waals surface area contributed by atoms with Crippen LogP contribution in [0.3, 0.4) is 0 Å². The topological polar surface area (TPSA) is 99.3 Å². The van der Waals surface area contributed by atoms with Crippen molar-refractivity contribution in [3.63, 3.8) is 0 Å². The second kappa shape index (κ2) is 5.49. The summed E-state index contributed by atoms with van der Waals surface area (Å²) in [4.78, 5) is 12.9. The summed E-state index contributed by atoms with van der Waals surface area (Å²) in [5.41, 5.74) is 0.349. The van der Waals surface area contributed by atoms with E-state index in [1.807, 2.05) is 0 Å². The number of hydrogen-bond acceptors (Lipinski definition) is 3. The minimum absolute atomic E-state index is 0.117. The summed E-state index contributed by atoms with van der Waals surface area (Å²) in [6.45, 7) is 1.55. The Balaban J connectivity index is 2.37. The number of anilines is 1. The van der Waals surface area contributed by atoms with E-state index in [1.165, 1.54) is 12.1 Å². The van der Waals surface area contributed by atoms with Crippen LogP contribution >= 0.6 is 15.9 Å². The highest BCUT2D eigenvalue weighted by molar-refractivity contribution is 9.10. The lowest BCUT2D eigenvalue weighted by atomic mass is 10.2. The van der Waals surface area contributed by atoms with Gasteiger partial charge in [-0.15, -0.1) is 0 Å². The smallest absolute Gasteiger partial charge is 0.352 e. The lowest BCUT2D eigenvalue weighted by molar-refractivity contribution is 0.0691. The summed E-state index contributed by atoms with van der Waals surface area (Å²) in [6.07, 6.45) is 1.07. The monoisotopic (exact) mass is 376 g/mol. The highest BCUT2D eigenvalue weighted by Gasteiger charge is 2.19. The number of rotatable bonds is 4. The minimum atomic E-state index is -3.97. The zero-order valence-electron chi connectivity index (χ0n) is 10.6. The molecule has 1 aromatic carbocycles. The van der Waals surface area contributed by atoms with Gasteiger partial charge < -0.3 is 10.1 Å². The van der Waals surface area contributed by atoms with Gasteiger partial charge in [-0.3, -0.25) is 4.72 Å². The molecular weight excluding hydrogens is 367 g/mol. The third-order valence-electron chi connectivity index (χ3n) is 2.71. The molecule has 0 aliphatic heterocycles. The van der Waals surface area contributed by atoms with Crippen LogP contribution in [-0.4, -0.2) is 24.5 Å². The zero-order valence-corrected chi connectivity index (χ0v) is 13.0. The lowest BCUT2D eigenvalue weighted by Crippen LogP contribution is -2.13.